The SMILES string of the molecule is COc1cccc(CCN2CCN(C(=O)Cc3cccc(F)c3)CC2)c1. The molecule has 2 aromatic rings. The molecule has 1 amide bonds. The zero-order chi connectivity index (χ0) is 18.4. The van der Waals surface area contributed by atoms with E-state index in [0.29, 0.717) is 0 Å². The van der Waals surface area contributed by atoms with Gasteiger partial charge in [-0.3, -0.25) is 9.69 Å². The van der Waals surface area contributed by atoms with Crippen molar-refractivity contribution >= 4 is 5.91 Å². The molecule has 5 heteroatoms. The molecule has 0 bridgehead atoms. The van der Waals surface area contributed by atoms with Crippen LogP contribution in [0.3, 0.4) is 0 Å². The first-order chi connectivity index (χ1) is 12.6. The number of carbonyl (C=O) groups excluding carboxylic acids is 1. The molecular weight excluding hydrogens is 331 g/mol. The van der Waals surface area contributed by atoms with Crippen LogP contribution in [0, 0.1) is 5.82 Å². The van der Waals surface area contributed by atoms with E-state index in [1.807, 2.05) is 17.0 Å². The van der Waals surface area contributed by atoms with Gasteiger partial charge in [-0.25, -0.2) is 4.39 Å². The molecule has 0 spiro atoms. The Morgan fingerprint density at radius 3 is 2.50 bits per heavy atom. The van der Waals surface area contributed by atoms with Gasteiger partial charge in [-0.05, 0) is 41.8 Å². The third-order valence-corrected chi connectivity index (χ3v) is 4.82. The number of rotatable bonds is 6. The van der Waals surface area contributed by atoms with Gasteiger partial charge in [-0.15, -0.1) is 0 Å². The maximum absolute atomic E-state index is 13.2. The van der Waals surface area contributed by atoms with E-state index < -0.39 is 0 Å². The first-order valence-electron chi connectivity index (χ1n) is 9.01. The highest BCUT2D eigenvalue weighted by Crippen LogP contribution is 2.14. The number of amides is 1. The molecule has 0 aliphatic carbocycles. The van der Waals surface area contributed by atoms with Gasteiger partial charge in [0.05, 0.1) is 13.5 Å². The largest absolute Gasteiger partial charge is 0.497 e. The predicted octanol–water partition coefficient (Wildman–Crippen LogP) is 2.76. The first kappa shape index (κ1) is 18.4. The van der Waals surface area contributed by atoms with Crippen molar-refractivity contribution in [3.05, 3.63) is 65.5 Å². The fourth-order valence-electron chi connectivity index (χ4n) is 3.27. The normalized spacial score (nSPS) is 15.1. The molecule has 1 fully saturated rings. The van der Waals surface area contributed by atoms with Crippen LogP contribution in [0.5, 0.6) is 5.75 Å². The van der Waals surface area contributed by atoms with Crippen LogP contribution in [0.1, 0.15) is 11.1 Å². The number of benzene rings is 2. The first-order valence-corrected chi connectivity index (χ1v) is 9.01. The van der Waals surface area contributed by atoms with Gasteiger partial charge in [-0.2, -0.15) is 0 Å². The molecule has 1 aliphatic heterocycles. The van der Waals surface area contributed by atoms with Gasteiger partial charge in [0, 0.05) is 32.7 Å². The lowest BCUT2D eigenvalue weighted by Gasteiger charge is -2.34. The molecule has 3 rings (SSSR count). The van der Waals surface area contributed by atoms with Crippen molar-refractivity contribution in [2.24, 2.45) is 0 Å². The zero-order valence-corrected chi connectivity index (χ0v) is 15.2. The second-order valence-electron chi connectivity index (χ2n) is 6.63. The molecule has 138 valence electrons. The minimum atomic E-state index is -0.294. The van der Waals surface area contributed by atoms with E-state index in [0.717, 1.165) is 50.5 Å². The fourth-order valence-corrected chi connectivity index (χ4v) is 3.27. The average Bonchev–Trinajstić information content (AvgIpc) is 2.67. The second kappa shape index (κ2) is 8.81. The van der Waals surface area contributed by atoms with E-state index in [2.05, 4.69) is 17.0 Å². The number of halogens is 1. The van der Waals surface area contributed by atoms with Crippen LogP contribution in [0.2, 0.25) is 0 Å². The van der Waals surface area contributed by atoms with Crippen LogP contribution in [0.25, 0.3) is 0 Å². The fraction of sp³-hybridized carbons (Fsp3) is 0.381. The summed E-state index contributed by atoms with van der Waals surface area (Å²) in [6, 6.07) is 14.4. The highest BCUT2D eigenvalue weighted by molar-refractivity contribution is 5.78. The average molecular weight is 356 g/mol. The standard InChI is InChI=1S/C21H25FN2O2/c1-26-20-7-3-4-17(15-20)8-9-23-10-12-24(13-11-23)21(25)16-18-5-2-6-19(22)14-18/h2-7,14-15H,8-13,16H2,1H3. The highest BCUT2D eigenvalue weighted by atomic mass is 19.1. The van der Waals surface area contributed by atoms with Gasteiger partial charge in [-0.1, -0.05) is 24.3 Å². The lowest BCUT2D eigenvalue weighted by molar-refractivity contribution is -0.132. The minimum Gasteiger partial charge on any atom is -0.497 e. The number of hydrogen-bond donors (Lipinski definition) is 0. The molecule has 1 heterocycles. The topological polar surface area (TPSA) is 32.8 Å². The molecule has 2 aromatic carbocycles. The Labute approximate surface area is 154 Å². The van der Waals surface area contributed by atoms with E-state index in [4.69, 9.17) is 4.74 Å². The summed E-state index contributed by atoms with van der Waals surface area (Å²) in [6.45, 7) is 4.18. The summed E-state index contributed by atoms with van der Waals surface area (Å²) in [5.74, 6) is 0.663. The summed E-state index contributed by atoms with van der Waals surface area (Å²) in [5, 5.41) is 0. The van der Waals surface area contributed by atoms with Gasteiger partial charge in [0.15, 0.2) is 0 Å². The molecule has 4 nitrogen and oxygen atoms in total. The molecule has 26 heavy (non-hydrogen) atoms. The predicted molar refractivity (Wildman–Crippen MR) is 99.8 cm³/mol. The third kappa shape index (κ3) is 5.05. The summed E-state index contributed by atoms with van der Waals surface area (Å²) in [5.41, 5.74) is 1.99. The van der Waals surface area contributed by atoms with Crippen molar-refractivity contribution < 1.29 is 13.9 Å². The summed E-state index contributed by atoms with van der Waals surface area (Å²) in [7, 11) is 1.68. The van der Waals surface area contributed by atoms with E-state index in [1.165, 1.54) is 17.7 Å². The maximum atomic E-state index is 13.2. The molecule has 1 saturated heterocycles. The summed E-state index contributed by atoms with van der Waals surface area (Å²) < 4.78 is 18.5. The Kier molecular flexibility index (Phi) is 6.23. The number of piperazine rings is 1. The highest BCUT2D eigenvalue weighted by Gasteiger charge is 2.21. The van der Waals surface area contributed by atoms with Crippen LogP contribution in [-0.2, 0) is 17.6 Å². The molecule has 0 atom stereocenters. The second-order valence-corrected chi connectivity index (χ2v) is 6.63. The van der Waals surface area contributed by atoms with Gasteiger partial charge in [0.25, 0.3) is 0 Å². The zero-order valence-electron chi connectivity index (χ0n) is 15.2. The Hall–Kier alpha value is -2.40. The summed E-state index contributed by atoms with van der Waals surface area (Å²) in [6.07, 6.45) is 1.23. The molecule has 1 aliphatic rings. The Balaban J connectivity index is 1.44. The van der Waals surface area contributed by atoms with Gasteiger partial charge < -0.3 is 9.64 Å². The van der Waals surface area contributed by atoms with Gasteiger partial charge >= 0.3 is 0 Å². The lowest BCUT2D eigenvalue weighted by Crippen LogP contribution is -2.49. The number of methoxy groups -OCH3 is 1. The monoisotopic (exact) mass is 356 g/mol. The smallest absolute Gasteiger partial charge is 0.227 e. The molecule has 0 saturated carbocycles. The summed E-state index contributed by atoms with van der Waals surface area (Å²) >= 11 is 0. The number of carbonyl (C=O) groups is 1. The quantitative estimate of drug-likeness (QED) is 0.798. The van der Waals surface area contributed by atoms with Crippen LogP contribution in [0.4, 0.5) is 4.39 Å². The Morgan fingerprint density at radius 1 is 1.04 bits per heavy atom. The van der Waals surface area contributed by atoms with Crippen molar-refractivity contribution in [1.29, 1.82) is 0 Å². The van der Waals surface area contributed by atoms with Gasteiger partial charge in [0.2, 0.25) is 5.91 Å². The van der Waals surface area contributed by atoms with Crippen molar-refractivity contribution in [3.8, 4) is 5.75 Å². The number of nitrogens with zero attached hydrogens (tertiary/aromatic N) is 2. The van der Waals surface area contributed by atoms with Crippen molar-refractivity contribution in [2.75, 3.05) is 39.8 Å². The molecule has 0 unspecified atom stereocenters. The third-order valence-electron chi connectivity index (χ3n) is 4.82. The van der Waals surface area contributed by atoms with E-state index >= 15 is 0 Å². The number of ether oxygens (including phenoxy) is 1. The number of hydrogen-bond acceptors (Lipinski definition) is 3. The lowest BCUT2D eigenvalue weighted by atomic mass is 10.1. The van der Waals surface area contributed by atoms with Crippen LogP contribution in [0.15, 0.2) is 48.5 Å². The molecule has 0 aromatic heterocycles. The van der Waals surface area contributed by atoms with E-state index in [9.17, 15) is 9.18 Å². The molecule has 0 radical (unpaired) electrons. The van der Waals surface area contributed by atoms with Crippen LogP contribution < -0.4 is 4.74 Å². The van der Waals surface area contributed by atoms with E-state index in [-0.39, 0.29) is 18.1 Å². The van der Waals surface area contributed by atoms with Crippen molar-refractivity contribution in [3.63, 3.8) is 0 Å². The van der Waals surface area contributed by atoms with Crippen LogP contribution in [-0.4, -0.2) is 55.5 Å². The van der Waals surface area contributed by atoms with Crippen molar-refractivity contribution in [1.82, 2.24) is 9.80 Å². The van der Waals surface area contributed by atoms with Crippen molar-refractivity contribution in [2.45, 2.75) is 12.8 Å². The molecule has 0 N–H and O–H groups in total. The molecular formula is C21H25FN2O2. The maximum Gasteiger partial charge on any atom is 0.227 e. The Bertz CT molecular complexity index is 742. The summed E-state index contributed by atoms with van der Waals surface area (Å²) in [4.78, 5) is 16.7. The minimum absolute atomic E-state index is 0.0723. The Morgan fingerprint density at radius 2 is 1.77 bits per heavy atom. The van der Waals surface area contributed by atoms with E-state index in [1.54, 1.807) is 19.2 Å². The van der Waals surface area contributed by atoms with Gasteiger partial charge in [0.1, 0.15) is 11.6 Å². The van der Waals surface area contributed by atoms with Crippen LogP contribution >= 0.6 is 0 Å².